The van der Waals surface area contributed by atoms with Gasteiger partial charge < -0.3 is 20.1 Å². The summed E-state index contributed by atoms with van der Waals surface area (Å²) < 4.78 is 4.94. The van der Waals surface area contributed by atoms with Crippen LogP contribution in [-0.4, -0.2) is 35.1 Å². The molecular weight excluding hydrogens is 344 g/mol. The number of unbranched alkanes of at least 4 members (excludes halogenated alkanes) is 2. The average Bonchev–Trinajstić information content (AvgIpc) is 3.01. The molecule has 7 heteroatoms. The summed E-state index contributed by atoms with van der Waals surface area (Å²) in [6.45, 7) is 8.26. The van der Waals surface area contributed by atoms with Crippen molar-refractivity contribution in [3.8, 4) is 0 Å². The maximum Gasteiger partial charge on any atom is 0.322 e. The van der Waals surface area contributed by atoms with Crippen molar-refractivity contribution >= 4 is 23.4 Å². The van der Waals surface area contributed by atoms with Crippen molar-refractivity contribution in [3.63, 3.8) is 0 Å². The lowest BCUT2D eigenvalue weighted by atomic mass is 10.1. The van der Waals surface area contributed by atoms with E-state index in [0.717, 1.165) is 36.1 Å². The van der Waals surface area contributed by atoms with Crippen molar-refractivity contribution in [1.82, 2.24) is 10.1 Å². The van der Waals surface area contributed by atoms with Gasteiger partial charge in [0.25, 0.3) is 0 Å². The highest BCUT2D eigenvalue weighted by molar-refractivity contribution is 5.96. The molecule has 0 aliphatic carbocycles. The van der Waals surface area contributed by atoms with E-state index in [1.807, 2.05) is 32.0 Å². The Balaban J connectivity index is 2.02. The Morgan fingerprint density at radius 1 is 1.11 bits per heavy atom. The zero-order valence-corrected chi connectivity index (χ0v) is 16.5. The van der Waals surface area contributed by atoms with E-state index in [-0.39, 0.29) is 18.5 Å². The van der Waals surface area contributed by atoms with Crippen LogP contribution in [0.5, 0.6) is 0 Å². The number of anilines is 2. The normalized spacial score (nSPS) is 10.5. The fourth-order valence-electron chi connectivity index (χ4n) is 2.73. The number of amides is 3. The second-order valence-electron chi connectivity index (χ2n) is 6.75. The highest BCUT2D eigenvalue weighted by Crippen LogP contribution is 2.17. The Labute approximate surface area is 160 Å². The van der Waals surface area contributed by atoms with Gasteiger partial charge in [-0.05, 0) is 38.8 Å². The van der Waals surface area contributed by atoms with Crippen LogP contribution in [0.25, 0.3) is 0 Å². The number of carbonyl (C=O) groups is 2. The summed E-state index contributed by atoms with van der Waals surface area (Å²) in [7, 11) is 0. The lowest BCUT2D eigenvalue weighted by molar-refractivity contribution is -0.116. The van der Waals surface area contributed by atoms with E-state index >= 15 is 0 Å². The number of carbonyl (C=O) groups excluding carboxylic acids is 2. The van der Waals surface area contributed by atoms with Gasteiger partial charge in [-0.2, -0.15) is 0 Å². The number of urea groups is 1. The molecule has 0 saturated carbocycles. The number of benzene rings is 1. The van der Waals surface area contributed by atoms with Crippen LogP contribution in [0.3, 0.4) is 0 Å². The van der Waals surface area contributed by atoms with E-state index in [0.29, 0.717) is 18.1 Å². The maximum absolute atomic E-state index is 12.7. The van der Waals surface area contributed by atoms with Crippen LogP contribution in [0.2, 0.25) is 0 Å². The molecule has 146 valence electrons. The van der Waals surface area contributed by atoms with E-state index in [9.17, 15) is 9.59 Å². The number of hydrogen-bond donors (Lipinski definition) is 2. The monoisotopic (exact) mass is 372 g/mol. The molecule has 0 spiro atoms. The summed E-state index contributed by atoms with van der Waals surface area (Å²) in [6.07, 6.45) is 2.88. The Morgan fingerprint density at radius 2 is 1.89 bits per heavy atom. The van der Waals surface area contributed by atoms with Gasteiger partial charge in [0.05, 0.1) is 0 Å². The van der Waals surface area contributed by atoms with E-state index in [1.54, 1.807) is 13.0 Å². The Kier molecular flexibility index (Phi) is 7.40. The first kappa shape index (κ1) is 20.5. The van der Waals surface area contributed by atoms with Crippen molar-refractivity contribution in [2.45, 2.75) is 47.0 Å². The molecule has 2 N–H and O–H groups in total. The number of aryl methyl sites for hydroxylation is 3. The molecule has 27 heavy (non-hydrogen) atoms. The molecule has 0 aliphatic heterocycles. The van der Waals surface area contributed by atoms with Crippen molar-refractivity contribution in [2.24, 2.45) is 0 Å². The first-order chi connectivity index (χ1) is 12.9. The van der Waals surface area contributed by atoms with Crippen LogP contribution in [0.4, 0.5) is 16.3 Å². The number of nitrogens with one attached hydrogen (secondary N) is 2. The standard InChI is InChI=1S/C20H28N4O3/c1-5-6-7-10-24(13-19(25)22-18-12-16(4)27-23-18)20(26)21-17-9-8-14(2)11-15(17)3/h8-9,11-12H,5-7,10,13H2,1-4H3,(H,21,26)(H,22,23,25). The maximum atomic E-state index is 12.7. The molecule has 3 amide bonds. The summed E-state index contributed by atoms with van der Waals surface area (Å²) >= 11 is 0. The van der Waals surface area contributed by atoms with Crippen LogP contribution < -0.4 is 10.6 Å². The number of nitrogens with zero attached hydrogens (tertiary/aromatic N) is 2. The molecule has 0 saturated heterocycles. The quantitative estimate of drug-likeness (QED) is 0.678. The smallest absolute Gasteiger partial charge is 0.322 e. The van der Waals surface area contributed by atoms with E-state index in [2.05, 4.69) is 22.7 Å². The minimum Gasteiger partial charge on any atom is -0.360 e. The van der Waals surface area contributed by atoms with Gasteiger partial charge >= 0.3 is 6.03 Å². The van der Waals surface area contributed by atoms with Crippen LogP contribution in [-0.2, 0) is 4.79 Å². The summed E-state index contributed by atoms with van der Waals surface area (Å²) in [4.78, 5) is 26.6. The van der Waals surface area contributed by atoms with Gasteiger partial charge in [-0.25, -0.2) is 4.79 Å². The molecule has 0 bridgehead atoms. The topological polar surface area (TPSA) is 87.5 Å². The van der Waals surface area contributed by atoms with E-state index < -0.39 is 0 Å². The molecule has 2 rings (SSSR count). The van der Waals surface area contributed by atoms with E-state index in [4.69, 9.17) is 4.52 Å². The minimum absolute atomic E-state index is 0.0492. The first-order valence-corrected chi connectivity index (χ1v) is 9.25. The molecule has 0 aliphatic rings. The highest BCUT2D eigenvalue weighted by atomic mass is 16.5. The van der Waals surface area contributed by atoms with Gasteiger partial charge in [-0.1, -0.05) is 42.6 Å². The van der Waals surface area contributed by atoms with Crippen LogP contribution in [0.15, 0.2) is 28.8 Å². The fourth-order valence-corrected chi connectivity index (χ4v) is 2.73. The predicted octanol–water partition coefficient (Wildman–Crippen LogP) is 4.26. The second-order valence-corrected chi connectivity index (χ2v) is 6.75. The Hall–Kier alpha value is -2.83. The van der Waals surface area contributed by atoms with Gasteiger partial charge in [0.15, 0.2) is 5.82 Å². The molecule has 0 unspecified atom stereocenters. The molecule has 0 radical (unpaired) electrons. The largest absolute Gasteiger partial charge is 0.360 e. The van der Waals surface area contributed by atoms with Crippen LogP contribution >= 0.6 is 0 Å². The molecular formula is C20H28N4O3. The lowest BCUT2D eigenvalue weighted by Crippen LogP contribution is -2.41. The van der Waals surface area contributed by atoms with Crippen molar-refractivity contribution in [1.29, 1.82) is 0 Å². The van der Waals surface area contributed by atoms with Crippen LogP contribution in [0.1, 0.15) is 43.1 Å². The van der Waals surface area contributed by atoms with Crippen LogP contribution in [0, 0.1) is 20.8 Å². The summed E-state index contributed by atoms with van der Waals surface area (Å²) in [5.74, 6) is 0.647. The summed E-state index contributed by atoms with van der Waals surface area (Å²) in [6, 6.07) is 7.19. The summed E-state index contributed by atoms with van der Waals surface area (Å²) in [5, 5.41) is 9.31. The molecule has 1 heterocycles. The molecule has 1 aromatic heterocycles. The molecule has 2 aromatic rings. The molecule has 0 atom stereocenters. The van der Waals surface area contributed by atoms with Gasteiger partial charge in [-0.3, -0.25) is 4.79 Å². The third-order valence-corrected chi connectivity index (χ3v) is 4.17. The SMILES string of the molecule is CCCCCN(CC(=O)Nc1cc(C)on1)C(=O)Nc1ccc(C)cc1C. The highest BCUT2D eigenvalue weighted by Gasteiger charge is 2.18. The van der Waals surface area contributed by atoms with Crippen molar-refractivity contribution in [3.05, 3.63) is 41.2 Å². The van der Waals surface area contributed by atoms with Crippen molar-refractivity contribution < 1.29 is 14.1 Å². The first-order valence-electron chi connectivity index (χ1n) is 9.25. The lowest BCUT2D eigenvalue weighted by Gasteiger charge is -2.23. The fraction of sp³-hybridized carbons (Fsp3) is 0.450. The molecule has 1 aromatic carbocycles. The number of rotatable bonds is 8. The second kappa shape index (κ2) is 9.75. The van der Waals surface area contributed by atoms with Crippen molar-refractivity contribution in [2.75, 3.05) is 23.7 Å². The molecule has 0 fully saturated rings. The zero-order valence-electron chi connectivity index (χ0n) is 16.5. The van der Waals surface area contributed by atoms with Gasteiger partial charge in [0.1, 0.15) is 12.3 Å². The van der Waals surface area contributed by atoms with Gasteiger partial charge in [0, 0.05) is 18.3 Å². The molecule has 7 nitrogen and oxygen atoms in total. The third-order valence-electron chi connectivity index (χ3n) is 4.17. The summed E-state index contributed by atoms with van der Waals surface area (Å²) in [5.41, 5.74) is 2.87. The van der Waals surface area contributed by atoms with E-state index in [1.165, 1.54) is 4.90 Å². The Bertz CT molecular complexity index is 785. The number of aromatic nitrogens is 1. The van der Waals surface area contributed by atoms with Gasteiger partial charge in [-0.15, -0.1) is 0 Å². The predicted molar refractivity (Wildman–Crippen MR) is 106 cm³/mol. The zero-order chi connectivity index (χ0) is 19.8. The number of hydrogen-bond acceptors (Lipinski definition) is 4. The average molecular weight is 372 g/mol. The Morgan fingerprint density at radius 3 is 2.52 bits per heavy atom. The third kappa shape index (κ3) is 6.44. The minimum atomic E-state index is -0.310. The van der Waals surface area contributed by atoms with Gasteiger partial charge in [0.2, 0.25) is 5.91 Å².